The van der Waals surface area contributed by atoms with Crippen LogP contribution in [-0.4, -0.2) is 35.4 Å². The maximum Gasteiger partial charge on any atom is 0.273 e. The molecule has 0 bridgehead atoms. The maximum absolute atomic E-state index is 11.9. The van der Waals surface area contributed by atoms with Crippen LogP contribution < -0.4 is 5.73 Å². The standard InChI is InChI=1S/C12H17N3O3.ClH/c1-9(8-13)14(2)12(16)7-10-5-3-4-6-11(10)15(17)18;/h3-6,9H,7-8,13H2,1-2H3;1H. The van der Waals surface area contributed by atoms with E-state index >= 15 is 0 Å². The Bertz CT molecular complexity index is 454. The predicted octanol–water partition coefficient (Wildman–Crippen LogP) is 1.36. The van der Waals surface area contributed by atoms with Crippen molar-refractivity contribution in [2.75, 3.05) is 13.6 Å². The molecule has 106 valence electrons. The molecule has 0 spiro atoms. The number of nitro groups is 1. The fraction of sp³-hybridized carbons (Fsp3) is 0.417. The summed E-state index contributed by atoms with van der Waals surface area (Å²) >= 11 is 0. The highest BCUT2D eigenvalue weighted by atomic mass is 35.5. The van der Waals surface area contributed by atoms with Crippen molar-refractivity contribution in [1.29, 1.82) is 0 Å². The van der Waals surface area contributed by atoms with E-state index in [1.165, 1.54) is 11.0 Å². The summed E-state index contributed by atoms with van der Waals surface area (Å²) in [5, 5.41) is 10.8. The number of para-hydroxylation sites is 1. The van der Waals surface area contributed by atoms with Crippen LogP contribution >= 0.6 is 12.4 Å². The van der Waals surface area contributed by atoms with Crippen molar-refractivity contribution < 1.29 is 9.72 Å². The van der Waals surface area contributed by atoms with Gasteiger partial charge in [-0.05, 0) is 6.92 Å². The first-order valence-electron chi connectivity index (χ1n) is 5.65. The zero-order chi connectivity index (χ0) is 13.7. The van der Waals surface area contributed by atoms with Crippen molar-refractivity contribution in [2.24, 2.45) is 5.73 Å². The molecule has 0 fully saturated rings. The second-order valence-electron chi connectivity index (χ2n) is 4.15. The van der Waals surface area contributed by atoms with E-state index in [-0.39, 0.29) is 36.5 Å². The minimum Gasteiger partial charge on any atom is -0.341 e. The number of halogens is 1. The number of nitro benzene ring substituents is 1. The first kappa shape index (κ1) is 17.3. The lowest BCUT2D eigenvalue weighted by atomic mass is 10.1. The number of rotatable bonds is 5. The average molecular weight is 288 g/mol. The van der Waals surface area contributed by atoms with Gasteiger partial charge in [0.05, 0.1) is 11.3 Å². The number of nitrogens with two attached hydrogens (primary N) is 1. The molecule has 0 saturated heterocycles. The van der Waals surface area contributed by atoms with Crippen LogP contribution in [0, 0.1) is 10.1 Å². The Morgan fingerprint density at radius 3 is 2.58 bits per heavy atom. The molecule has 6 nitrogen and oxygen atoms in total. The molecule has 0 aliphatic carbocycles. The number of hydrogen-bond acceptors (Lipinski definition) is 4. The number of carbonyl (C=O) groups is 1. The average Bonchev–Trinajstić information content (AvgIpc) is 2.37. The van der Waals surface area contributed by atoms with Crippen LogP contribution in [-0.2, 0) is 11.2 Å². The van der Waals surface area contributed by atoms with E-state index in [1.54, 1.807) is 25.2 Å². The highest BCUT2D eigenvalue weighted by Crippen LogP contribution is 2.18. The SMILES string of the molecule is CC(CN)N(C)C(=O)Cc1ccccc1[N+](=O)[O-].Cl. The third-order valence-electron chi connectivity index (χ3n) is 2.93. The summed E-state index contributed by atoms with van der Waals surface area (Å²) in [6.07, 6.45) is 0.0119. The van der Waals surface area contributed by atoms with Gasteiger partial charge in [0.15, 0.2) is 0 Å². The van der Waals surface area contributed by atoms with Crippen molar-refractivity contribution in [3.05, 3.63) is 39.9 Å². The maximum atomic E-state index is 11.9. The Balaban J connectivity index is 0.00000324. The Morgan fingerprint density at radius 2 is 2.05 bits per heavy atom. The number of benzene rings is 1. The van der Waals surface area contributed by atoms with E-state index < -0.39 is 4.92 Å². The van der Waals surface area contributed by atoms with Crippen LogP contribution in [0.3, 0.4) is 0 Å². The quantitative estimate of drug-likeness (QED) is 0.654. The topological polar surface area (TPSA) is 89.5 Å². The van der Waals surface area contributed by atoms with Gasteiger partial charge in [0, 0.05) is 31.3 Å². The Morgan fingerprint density at radius 1 is 1.47 bits per heavy atom. The van der Waals surface area contributed by atoms with Gasteiger partial charge in [-0.25, -0.2) is 0 Å². The van der Waals surface area contributed by atoms with Crippen LogP contribution in [0.2, 0.25) is 0 Å². The van der Waals surface area contributed by atoms with Gasteiger partial charge in [-0.3, -0.25) is 14.9 Å². The molecule has 0 aliphatic heterocycles. The monoisotopic (exact) mass is 287 g/mol. The number of likely N-dealkylation sites (N-methyl/N-ethyl adjacent to an activating group) is 1. The molecule has 1 unspecified atom stereocenters. The molecule has 0 saturated carbocycles. The van der Waals surface area contributed by atoms with Gasteiger partial charge in [0.25, 0.3) is 5.69 Å². The van der Waals surface area contributed by atoms with Crippen molar-refractivity contribution >= 4 is 24.0 Å². The molecule has 1 atom stereocenters. The fourth-order valence-electron chi connectivity index (χ4n) is 1.53. The minimum absolute atomic E-state index is 0. The third kappa shape index (κ3) is 4.50. The summed E-state index contributed by atoms with van der Waals surface area (Å²) in [5.41, 5.74) is 5.87. The molecule has 0 heterocycles. The van der Waals surface area contributed by atoms with Gasteiger partial charge < -0.3 is 10.6 Å². The summed E-state index contributed by atoms with van der Waals surface area (Å²) in [7, 11) is 1.65. The molecule has 1 aromatic rings. The van der Waals surface area contributed by atoms with Gasteiger partial charge in [-0.1, -0.05) is 18.2 Å². The van der Waals surface area contributed by atoms with Crippen LogP contribution in [0.4, 0.5) is 5.69 Å². The molecule has 2 N–H and O–H groups in total. The molecule has 1 aromatic carbocycles. The summed E-state index contributed by atoms with van der Waals surface area (Å²) in [4.78, 5) is 23.8. The van der Waals surface area contributed by atoms with Gasteiger partial charge >= 0.3 is 0 Å². The van der Waals surface area contributed by atoms with Gasteiger partial charge in [0.2, 0.25) is 5.91 Å². The Kier molecular flexibility index (Phi) is 7.03. The zero-order valence-corrected chi connectivity index (χ0v) is 11.7. The molecular weight excluding hydrogens is 270 g/mol. The van der Waals surface area contributed by atoms with Crippen molar-refractivity contribution in [3.63, 3.8) is 0 Å². The van der Waals surface area contributed by atoms with Crippen molar-refractivity contribution in [2.45, 2.75) is 19.4 Å². The van der Waals surface area contributed by atoms with Gasteiger partial charge in [-0.2, -0.15) is 0 Å². The van der Waals surface area contributed by atoms with Crippen molar-refractivity contribution in [3.8, 4) is 0 Å². The van der Waals surface area contributed by atoms with Crippen LogP contribution in [0.5, 0.6) is 0 Å². The van der Waals surface area contributed by atoms with Crippen LogP contribution in [0.25, 0.3) is 0 Å². The fourth-order valence-corrected chi connectivity index (χ4v) is 1.53. The van der Waals surface area contributed by atoms with E-state index in [2.05, 4.69) is 0 Å². The minimum atomic E-state index is -0.477. The van der Waals surface area contributed by atoms with Gasteiger partial charge in [-0.15, -0.1) is 12.4 Å². The van der Waals surface area contributed by atoms with E-state index in [0.717, 1.165) is 0 Å². The summed E-state index contributed by atoms with van der Waals surface area (Å²) < 4.78 is 0. The lowest BCUT2D eigenvalue weighted by Crippen LogP contribution is -2.40. The zero-order valence-electron chi connectivity index (χ0n) is 10.9. The van der Waals surface area contributed by atoms with E-state index in [0.29, 0.717) is 12.1 Å². The largest absolute Gasteiger partial charge is 0.341 e. The third-order valence-corrected chi connectivity index (χ3v) is 2.93. The van der Waals surface area contributed by atoms with Gasteiger partial charge in [0.1, 0.15) is 0 Å². The highest BCUT2D eigenvalue weighted by Gasteiger charge is 2.19. The first-order valence-corrected chi connectivity index (χ1v) is 5.65. The van der Waals surface area contributed by atoms with Crippen LogP contribution in [0.1, 0.15) is 12.5 Å². The summed E-state index contributed by atoms with van der Waals surface area (Å²) in [6.45, 7) is 2.19. The second-order valence-corrected chi connectivity index (χ2v) is 4.15. The van der Waals surface area contributed by atoms with E-state index in [9.17, 15) is 14.9 Å². The molecule has 0 radical (unpaired) electrons. The molecular formula is C12H18ClN3O3. The van der Waals surface area contributed by atoms with Crippen LogP contribution in [0.15, 0.2) is 24.3 Å². The number of amides is 1. The highest BCUT2D eigenvalue weighted by molar-refractivity contribution is 5.85. The second kappa shape index (κ2) is 7.70. The normalized spacial score (nSPS) is 11.3. The molecule has 7 heteroatoms. The number of nitrogens with zero attached hydrogens (tertiary/aromatic N) is 2. The summed E-state index contributed by atoms with van der Waals surface area (Å²) in [5.74, 6) is -0.178. The Hall–Kier alpha value is -1.66. The van der Waals surface area contributed by atoms with E-state index in [4.69, 9.17) is 5.73 Å². The number of carbonyl (C=O) groups excluding carboxylic acids is 1. The molecule has 0 aromatic heterocycles. The predicted molar refractivity (Wildman–Crippen MR) is 75.3 cm³/mol. The Labute approximate surface area is 118 Å². The van der Waals surface area contributed by atoms with E-state index in [1.807, 2.05) is 6.92 Å². The van der Waals surface area contributed by atoms with Crippen molar-refractivity contribution in [1.82, 2.24) is 4.90 Å². The smallest absolute Gasteiger partial charge is 0.273 e. The molecule has 19 heavy (non-hydrogen) atoms. The molecule has 1 rings (SSSR count). The first-order chi connectivity index (χ1) is 8.47. The lowest BCUT2D eigenvalue weighted by molar-refractivity contribution is -0.385. The lowest BCUT2D eigenvalue weighted by Gasteiger charge is -2.23. The molecule has 1 amide bonds. The molecule has 0 aliphatic rings. The number of hydrogen-bond donors (Lipinski definition) is 1. The summed E-state index contributed by atoms with van der Waals surface area (Å²) in [6, 6.07) is 6.17.